The number of hydrogen-bond acceptors (Lipinski definition) is 4. The summed E-state index contributed by atoms with van der Waals surface area (Å²) in [5.74, 6) is 6.42. The third-order valence-corrected chi connectivity index (χ3v) is 22.7. The SMILES string of the molecule is COc1c(C(C)(C)C)cc(CN2C(=[N+]3CC[N+](=C4N(Cc5cc(C(C)(C)C)c(OC)c(C(C)(C)C)c5)[C@@H](c5ccccc5)[C@H](c5ccccc5)N4Cc4cc(C(C)(C)C)c(OC)c(C(C)(C)C)c4)CC3)N(Cc3cc(C(C)(C)C)c(OC)c(C(C)(C)C)c3)[C@@H](c3ccccc3)[C@@H]2c2ccccc2)cc1C(C)(C)C. The molecule has 0 aliphatic carbocycles. The van der Waals surface area contributed by atoms with Crippen molar-refractivity contribution in [1.29, 1.82) is 0 Å². The quantitative estimate of drug-likeness (QED) is 0.0887. The molecule has 3 heterocycles. The molecular formula is C98H132N6O4+2. The average Bonchev–Trinajstić information content (AvgIpc) is 1.56. The molecule has 0 bridgehead atoms. The highest BCUT2D eigenvalue weighted by molar-refractivity contribution is 5.81. The number of guanidine groups is 2. The predicted molar refractivity (Wildman–Crippen MR) is 450 cm³/mol. The van der Waals surface area contributed by atoms with Crippen molar-refractivity contribution >= 4 is 11.9 Å². The van der Waals surface area contributed by atoms with Crippen LogP contribution in [-0.2, 0) is 69.5 Å². The van der Waals surface area contributed by atoms with E-state index in [-0.39, 0.29) is 67.5 Å². The van der Waals surface area contributed by atoms with Gasteiger partial charge in [0, 0.05) is 44.5 Å². The van der Waals surface area contributed by atoms with Gasteiger partial charge in [-0.1, -0.05) is 287 Å². The summed E-state index contributed by atoms with van der Waals surface area (Å²) in [6.45, 7) is 61.7. The van der Waals surface area contributed by atoms with Crippen LogP contribution in [0.3, 0.4) is 0 Å². The minimum absolute atomic E-state index is 0.100. The van der Waals surface area contributed by atoms with Crippen LogP contribution in [0.15, 0.2) is 170 Å². The van der Waals surface area contributed by atoms with Gasteiger partial charge >= 0.3 is 11.9 Å². The highest BCUT2D eigenvalue weighted by Crippen LogP contribution is 2.53. The fraction of sp³-hybridized carbons (Fsp3) is 0.490. The van der Waals surface area contributed by atoms with Crippen LogP contribution in [0.25, 0.3) is 0 Å². The Balaban J connectivity index is 1.23. The highest BCUT2D eigenvalue weighted by Gasteiger charge is 2.57. The van der Waals surface area contributed by atoms with Crippen molar-refractivity contribution in [3.63, 3.8) is 0 Å². The monoisotopic (exact) mass is 1460 g/mol. The molecular weight excluding hydrogens is 1330 g/mol. The standard InChI is InChI=1S/C98H132N6O4/c1-91(2,3)73-53-65(54-74(85(73)105-25)92(4,5)6)61-101-81(69-41-33-29-34-42-69)82(70-43-35-30-36-44-70)102(62-66-55-75(93(7,8)9)86(106-26)76(56-66)94(10,11)12)89(101)99-49-51-100(52-50-99)90-103(63-67-57-77(95(13,14)15)87(107-27)78(58-67)96(16,17)18)83(71-45-37-31-38-46-71)84(72-47-39-32-40-48-72)104(90)64-68-59-79(97(19,20)21)88(108-28)80(60-68)98(22,23)24/h29-48,53-60,81-84H,49-52,61-64H2,1-28H3/q+2/t81-,82-,83-,84-/m0/s1. The summed E-state index contributed by atoms with van der Waals surface area (Å²) < 4.78 is 31.7. The van der Waals surface area contributed by atoms with Gasteiger partial charge in [-0.3, -0.25) is 9.15 Å². The Kier molecular flexibility index (Phi) is 22.7. The van der Waals surface area contributed by atoms with E-state index >= 15 is 0 Å². The Morgan fingerprint density at radius 1 is 0.250 bits per heavy atom. The van der Waals surface area contributed by atoms with Crippen molar-refractivity contribution in [3.05, 3.63) is 259 Å². The van der Waals surface area contributed by atoms with Gasteiger partial charge in [-0.25, -0.2) is 19.6 Å². The molecule has 3 aliphatic rings. The first-order valence-electron chi connectivity index (χ1n) is 39.9. The molecule has 0 unspecified atom stereocenters. The smallest absolute Gasteiger partial charge is 0.352 e. The molecule has 3 fully saturated rings. The molecule has 10 nitrogen and oxygen atoms in total. The molecule has 3 saturated heterocycles. The summed E-state index contributed by atoms with van der Waals surface area (Å²) >= 11 is 0. The number of rotatable bonds is 16. The molecule has 108 heavy (non-hydrogen) atoms. The Morgan fingerprint density at radius 3 is 0.528 bits per heavy atom. The largest absolute Gasteiger partial charge is 0.496 e. The molecule has 10 heteroatoms. The molecule has 8 aromatic carbocycles. The Labute approximate surface area is 652 Å². The van der Waals surface area contributed by atoms with E-state index in [9.17, 15) is 0 Å². The minimum atomic E-state index is -0.205. The zero-order valence-electron chi connectivity index (χ0n) is 71.4. The topological polar surface area (TPSA) is 55.9 Å². The van der Waals surface area contributed by atoms with Crippen LogP contribution in [0, 0.1) is 0 Å². The zero-order chi connectivity index (χ0) is 78.8. The minimum Gasteiger partial charge on any atom is -0.496 e. The lowest BCUT2D eigenvalue weighted by Gasteiger charge is -2.32. The lowest BCUT2D eigenvalue weighted by atomic mass is 9.78. The lowest BCUT2D eigenvalue weighted by Crippen LogP contribution is -2.51. The van der Waals surface area contributed by atoms with E-state index in [2.05, 4.69) is 365 Å². The van der Waals surface area contributed by atoms with E-state index in [0.29, 0.717) is 26.2 Å². The fourth-order valence-corrected chi connectivity index (χ4v) is 17.3. The van der Waals surface area contributed by atoms with Gasteiger partial charge in [0.15, 0.2) is 0 Å². The highest BCUT2D eigenvalue weighted by atomic mass is 16.5. The number of methoxy groups -OCH3 is 4. The van der Waals surface area contributed by atoms with Gasteiger partial charge in [0.05, 0.1) is 80.8 Å². The van der Waals surface area contributed by atoms with Crippen LogP contribution >= 0.6 is 0 Å². The second-order valence-electron chi connectivity index (χ2n) is 39.4. The molecule has 0 aromatic heterocycles. The molecule has 8 aromatic rings. The van der Waals surface area contributed by atoms with Gasteiger partial charge < -0.3 is 18.9 Å². The van der Waals surface area contributed by atoms with Gasteiger partial charge in [-0.15, -0.1) is 0 Å². The Morgan fingerprint density at radius 2 is 0.398 bits per heavy atom. The van der Waals surface area contributed by atoms with Gasteiger partial charge in [-0.2, -0.15) is 0 Å². The van der Waals surface area contributed by atoms with Crippen molar-refractivity contribution in [2.24, 2.45) is 0 Å². The van der Waals surface area contributed by atoms with E-state index in [1.807, 2.05) is 28.4 Å². The summed E-state index contributed by atoms with van der Waals surface area (Å²) in [6.07, 6.45) is 0. The molecule has 0 saturated carbocycles. The summed E-state index contributed by atoms with van der Waals surface area (Å²) in [5.41, 5.74) is 18.3. The van der Waals surface area contributed by atoms with Gasteiger partial charge in [0.1, 0.15) is 47.2 Å². The van der Waals surface area contributed by atoms with E-state index in [4.69, 9.17) is 18.9 Å². The van der Waals surface area contributed by atoms with Crippen LogP contribution in [-0.4, -0.2) is 95.3 Å². The molecule has 3 aliphatic heterocycles. The maximum Gasteiger partial charge on any atom is 0.352 e. The third kappa shape index (κ3) is 16.7. The van der Waals surface area contributed by atoms with Crippen LogP contribution < -0.4 is 18.9 Å². The van der Waals surface area contributed by atoms with Crippen LogP contribution in [0.4, 0.5) is 0 Å². The summed E-state index contributed by atoms with van der Waals surface area (Å²) in [4.78, 5) is 11.3. The molecule has 0 radical (unpaired) electrons. The van der Waals surface area contributed by atoms with E-state index in [1.54, 1.807) is 0 Å². The van der Waals surface area contributed by atoms with E-state index in [0.717, 1.165) is 49.2 Å². The van der Waals surface area contributed by atoms with Crippen molar-refractivity contribution in [2.75, 3.05) is 54.6 Å². The average molecular weight is 1460 g/mol. The van der Waals surface area contributed by atoms with Crippen LogP contribution in [0.1, 0.15) is 279 Å². The Hall–Kier alpha value is -8.50. The van der Waals surface area contributed by atoms with Gasteiger partial charge in [0.2, 0.25) is 0 Å². The fourth-order valence-electron chi connectivity index (χ4n) is 17.3. The van der Waals surface area contributed by atoms with Crippen LogP contribution in [0.2, 0.25) is 0 Å². The normalized spacial score (nSPS) is 18.0. The first-order valence-corrected chi connectivity index (χ1v) is 39.9. The molecule has 0 amide bonds. The van der Waals surface area contributed by atoms with Crippen LogP contribution in [0.5, 0.6) is 23.0 Å². The molecule has 0 spiro atoms. The lowest BCUT2D eigenvalue weighted by molar-refractivity contribution is -0.671. The van der Waals surface area contributed by atoms with Crippen molar-refractivity contribution < 1.29 is 28.1 Å². The zero-order valence-corrected chi connectivity index (χ0v) is 71.4. The summed E-state index contributed by atoms with van der Waals surface area (Å²) in [5, 5.41) is 0. The molecule has 576 valence electrons. The first-order chi connectivity index (χ1) is 50.5. The van der Waals surface area contributed by atoms with Gasteiger partial charge in [-0.05, 0) is 136 Å². The predicted octanol–water partition coefficient (Wildman–Crippen LogP) is 22.2. The van der Waals surface area contributed by atoms with Gasteiger partial charge in [0.25, 0.3) is 0 Å². The number of ether oxygens (including phenoxy) is 4. The number of nitrogens with zero attached hydrogens (tertiary/aromatic N) is 6. The number of piperazine rings is 1. The third-order valence-electron chi connectivity index (χ3n) is 22.7. The maximum atomic E-state index is 6.52. The maximum absolute atomic E-state index is 6.52. The summed E-state index contributed by atoms with van der Waals surface area (Å²) in [7, 11) is 7.43. The molecule has 4 atom stereocenters. The first kappa shape index (κ1) is 80.5. The second kappa shape index (κ2) is 30.4. The van der Waals surface area contributed by atoms with Crippen molar-refractivity contribution in [1.82, 2.24) is 19.6 Å². The second-order valence-corrected chi connectivity index (χ2v) is 39.4. The van der Waals surface area contributed by atoms with E-state index < -0.39 is 0 Å². The summed E-state index contributed by atoms with van der Waals surface area (Å²) in [6, 6.07) is 65.1. The van der Waals surface area contributed by atoms with Crippen molar-refractivity contribution in [3.8, 4) is 23.0 Å². The molecule has 0 N–H and O–H groups in total. The number of hydrogen-bond donors (Lipinski definition) is 0. The van der Waals surface area contributed by atoms with Crippen molar-refractivity contribution in [2.45, 2.75) is 260 Å². The molecule has 11 rings (SSSR count). The Bertz CT molecular complexity index is 3840. The number of benzene rings is 8. The van der Waals surface area contributed by atoms with E-state index in [1.165, 1.54) is 101 Å².